The van der Waals surface area contributed by atoms with Crippen LogP contribution >= 0.6 is 11.6 Å². The van der Waals surface area contributed by atoms with Crippen LogP contribution in [0.15, 0.2) is 24.3 Å². The fraction of sp³-hybridized carbons (Fsp3) is 0.625. The summed E-state index contributed by atoms with van der Waals surface area (Å²) in [5.74, 6) is 0. The third kappa shape index (κ3) is 2.73. The Hall–Kier alpha value is -0.530. The van der Waals surface area contributed by atoms with E-state index in [4.69, 9.17) is 11.6 Å². The molecule has 0 aliphatic heterocycles. The molecule has 0 saturated heterocycles. The Labute approximate surface area is 116 Å². The van der Waals surface area contributed by atoms with Gasteiger partial charge in [-0.1, -0.05) is 43.5 Å². The van der Waals surface area contributed by atoms with Crippen LogP contribution in [0.25, 0.3) is 0 Å². The van der Waals surface area contributed by atoms with E-state index in [2.05, 4.69) is 31.0 Å². The van der Waals surface area contributed by atoms with E-state index in [0.29, 0.717) is 5.54 Å². The standard InChI is InChI=1S/C16H24ClN/c1-3-4-5-13-18(2)16(11-6-12-16)14-7-9-15(17)10-8-14/h7-10H,3-6,11-13H2,1-2H3. The van der Waals surface area contributed by atoms with Gasteiger partial charge >= 0.3 is 0 Å². The maximum Gasteiger partial charge on any atom is 0.0457 e. The van der Waals surface area contributed by atoms with Gasteiger partial charge in [0.1, 0.15) is 0 Å². The number of hydrogen-bond donors (Lipinski definition) is 0. The predicted molar refractivity (Wildman–Crippen MR) is 79.1 cm³/mol. The third-order valence-corrected chi connectivity index (χ3v) is 4.64. The van der Waals surface area contributed by atoms with Gasteiger partial charge < -0.3 is 0 Å². The summed E-state index contributed by atoms with van der Waals surface area (Å²) in [4.78, 5) is 2.56. The molecule has 0 radical (unpaired) electrons. The lowest BCUT2D eigenvalue weighted by Crippen LogP contribution is -2.49. The Balaban J connectivity index is 2.07. The molecule has 2 heteroatoms. The summed E-state index contributed by atoms with van der Waals surface area (Å²) in [6.45, 7) is 3.47. The zero-order chi connectivity index (χ0) is 13.0. The molecule has 2 rings (SSSR count). The molecule has 0 amide bonds. The highest BCUT2D eigenvalue weighted by Gasteiger charge is 2.41. The van der Waals surface area contributed by atoms with Crippen molar-refractivity contribution in [3.63, 3.8) is 0 Å². The van der Waals surface area contributed by atoms with Crippen molar-refractivity contribution < 1.29 is 0 Å². The van der Waals surface area contributed by atoms with Gasteiger partial charge in [0.15, 0.2) is 0 Å². The zero-order valence-corrected chi connectivity index (χ0v) is 12.3. The highest BCUT2D eigenvalue weighted by Crippen LogP contribution is 2.46. The van der Waals surface area contributed by atoms with Gasteiger partial charge in [-0.25, -0.2) is 0 Å². The summed E-state index contributed by atoms with van der Waals surface area (Å²) >= 11 is 5.99. The van der Waals surface area contributed by atoms with Crippen LogP contribution in [0.5, 0.6) is 0 Å². The van der Waals surface area contributed by atoms with Crippen molar-refractivity contribution in [2.45, 2.75) is 51.0 Å². The Bertz CT molecular complexity index is 367. The van der Waals surface area contributed by atoms with Gasteiger partial charge in [0.25, 0.3) is 0 Å². The fourth-order valence-electron chi connectivity index (χ4n) is 2.98. The Morgan fingerprint density at radius 3 is 2.33 bits per heavy atom. The molecule has 1 fully saturated rings. The van der Waals surface area contributed by atoms with Crippen LogP contribution in [-0.4, -0.2) is 18.5 Å². The molecule has 0 aromatic heterocycles. The molecule has 1 nitrogen and oxygen atoms in total. The average Bonchev–Trinajstić information content (AvgIpc) is 2.30. The highest BCUT2D eigenvalue weighted by molar-refractivity contribution is 6.30. The number of unbranched alkanes of at least 4 members (excludes halogenated alkanes) is 2. The Morgan fingerprint density at radius 1 is 1.17 bits per heavy atom. The minimum Gasteiger partial charge on any atom is -0.297 e. The van der Waals surface area contributed by atoms with Crippen molar-refractivity contribution >= 4 is 11.6 Å². The van der Waals surface area contributed by atoms with Crippen LogP contribution in [0, 0.1) is 0 Å². The quantitative estimate of drug-likeness (QED) is 0.665. The number of rotatable bonds is 6. The monoisotopic (exact) mass is 265 g/mol. The van der Waals surface area contributed by atoms with Crippen molar-refractivity contribution in [1.82, 2.24) is 4.90 Å². The van der Waals surface area contributed by atoms with Crippen molar-refractivity contribution in [3.05, 3.63) is 34.9 Å². The van der Waals surface area contributed by atoms with E-state index in [1.807, 2.05) is 12.1 Å². The van der Waals surface area contributed by atoms with E-state index in [0.717, 1.165) is 5.02 Å². The molecule has 1 aromatic rings. The second-order valence-corrected chi connectivity index (χ2v) is 5.96. The van der Waals surface area contributed by atoms with Gasteiger partial charge in [-0.3, -0.25) is 4.90 Å². The van der Waals surface area contributed by atoms with Crippen molar-refractivity contribution in [2.75, 3.05) is 13.6 Å². The van der Waals surface area contributed by atoms with E-state index in [1.165, 1.54) is 50.6 Å². The SMILES string of the molecule is CCCCCN(C)C1(c2ccc(Cl)cc2)CCC1. The van der Waals surface area contributed by atoms with Gasteiger partial charge in [0, 0.05) is 10.6 Å². The Morgan fingerprint density at radius 2 is 1.83 bits per heavy atom. The van der Waals surface area contributed by atoms with Gasteiger partial charge in [-0.05, 0) is 57.0 Å². The van der Waals surface area contributed by atoms with Gasteiger partial charge in [-0.2, -0.15) is 0 Å². The predicted octanol–water partition coefficient (Wildman–Crippen LogP) is 4.84. The number of benzene rings is 1. The largest absolute Gasteiger partial charge is 0.297 e. The molecular formula is C16H24ClN. The number of halogens is 1. The summed E-state index contributed by atoms with van der Waals surface area (Å²) in [5.41, 5.74) is 1.73. The smallest absolute Gasteiger partial charge is 0.0457 e. The molecule has 1 saturated carbocycles. The van der Waals surface area contributed by atoms with Crippen LogP contribution in [0.2, 0.25) is 5.02 Å². The Kier molecular flexibility index (Phi) is 4.69. The van der Waals surface area contributed by atoms with Gasteiger partial charge in [0.05, 0.1) is 0 Å². The summed E-state index contributed by atoms with van der Waals surface area (Å²) in [7, 11) is 2.28. The molecule has 0 heterocycles. The first-order valence-electron chi connectivity index (χ1n) is 7.16. The summed E-state index contributed by atoms with van der Waals surface area (Å²) in [5, 5.41) is 0.835. The second kappa shape index (κ2) is 6.08. The lowest BCUT2D eigenvalue weighted by Gasteiger charge is -2.49. The minimum absolute atomic E-state index is 0.290. The molecule has 0 bridgehead atoms. The minimum atomic E-state index is 0.290. The lowest BCUT2D eigenvalue weighted by atomic mass is 9.70. The molecule has 0 atom stereocenters. The molecule has 1 aromatic carbocycles. The molecule has 100 valence electrons. The third-order valence-electron chi connectivity index (χ3n) is 4.39. The van der Waals surface area contributed by atoms with Gasteiger partial charge in [-0.15, -0.1) is 0 Å². The molecule has 1 aliphatic rings. The normalized spacial score (nSPS) is 17.8. The highest BCUT2D eigenvalue weighted by atomic mass is 35.5. The van der Waals surface area contributed by atoms with E-state index in [9.17, 15) is 0 Å². The van der Waals surface area contributed by atoms with E-state index < -0.39 is 0 Å². The fourth-order valence-corrected chi connectivity index (χ4v) is 3.10. The average molecular weight is 266 g/mol. The summed E-state index contributed by atoms with van der Waals surface area (Å²) in [6.07, 6.45) is 7.86. The van der Waals surface area contributed by atoms with Crippen molar-refractivity contribution in [2.24, 2.45) is 0 Å². The second-order valence-electron chi connectivity index (χ2n) is 5.52. The first kappa shape index (κ1) is 13.9. The van der Waals surface area contributed by atoms with E-state index in [1.54, 1.807) is 0 Å². The molecule has 18 heavy (non-hydrogen) atoms. The first-order valence-corrected chi connectivity index (χ1v) is 7.54. The molecule has 0 unspecified atom stereocenters. The van der Waals surface area contributed by atoms with Crippen LogP contribution < -0.4 is 0 Å². The molecule has 0 N–H and O–H groups in total. The van der Waals surface area contributed by atoms with Gasteiger partial charge in [0.2, 0.25) is 0 Å². The first-order chi connectivity index (χ1) is 8.69. The van der Waals surface area contributed by atoms with Crippen LogP contribution in [0.3, 0.4) is 0 Å². The van der Waals surface area contributed by atoms with Crippen LogP contribution in [-0.2, 0) is 5.54 Å². The molecular weight excluding hydrogens is 242 g/mol. The van der Waals surface area contributed by atoms with E-state index >= 15 is 0 Å². The van der Waals surface area contributed by atoms with Crippen LogP contribution in [0.1, 0.15) is 51.0 Å². The van der Waals surface area contributed by atoms with Crippen LogP contribution in [0.4, 0.5) is 0 Å². The summed E-state index contributed by atoms with van der Waals surface area (Å²) in [6, 6.07) is 8.46. The molecule has 0 spiro atoms. The molecule has 1 aliphatic carbocycles. The maximum absolute atomic E-state index is 5.99. The maximum atomic E-state index is 5.99. The van der Waals surface area contributed by atoms with E-state index in [-0.39, 0.29) is 0 Å². The number of hydrogen-bond acceptors (Lipinski definition) is 1. The van der Waals surface area contributed by atoms with Crippen molar-refractivity contribution in [3.8, 4) is 0 Å². The number of nitrogens with zero attached hydrogens (tertiary/aromatic N) is 1. The summed E-state index contributed by atoms with van der Waals surface area (Å²) < 4.78 is 0. The zero-order valence-electron chi connectivity index (χ0n) is 11.6. The lowest BCUT2D eigenvalue weighted by molar-refractivity contribution is 0.0332. The van der Waals surface area contributed by atoms with Crippen molar-refractivity contribution in [1.29, 1.82) is 0 Å². The topological polar surface area (TPSA) is 3.24 Å².